The molecule has 3 nitrogen and oxygen atoms in total. The van der Waals surface area contributed by atoms with Crippen LogP contribution in [0.1, 0.15) is 11.1 Å². The molecule has 4 rings (SSSR count). The number of aliphatic imine (C=N–C) groups is 1. The molecule has 0 aromatic heterocycles. The molecule has 26 heavy (non-hydrogen) atoms. The normalized spacial score (nSPS) is 16.0. The molecule has 0 amide bonds. The lowest BCUT2D eigenvalue weighted by Crippen LogP contribution is -2.05. The summed E-state index contributed by atoms with van der Waals surface area (Å²) in [5.41, 5.74) is 1.91. The SMILES string of the molecule is O=C1OC(c2cccc3ccccc23)=NC1=CC(Cl)=Cc1ccccc1. The smallest absolute Gasteiger partial charge is 0.363 e. The van der Waals surface area contributed by atoms with E-state index in [2.05, 4.69) is 4.99 Å². The van der Waals surface area contributed by atoms with Crippen LogP contribution in [0.3, 0.4) is 0 Å². The van der Waals surface area contributed by atoms with Gasteiger partial charge in [0.05, 0.1) is 0 Å². The van der Waals surface area contributed by atoms with E-state index in [4.69, 9.17) is 16.3 Å². The zero-order valence-corrected chi connectivity index (χ0v) is 14.5. The fourth-order valence-corrected chi connectivity index (χ4v) is 3.05. The summed E-state index contributed by atoms with van der Waals surface area (Å²) in [5, 5.41) is 2.45. The molecule has 3 aromatic carbocycles. The van der Waals surface area contributed by atoms with E-state index < -0.39 is 5.97 Å². The van der Waals surface area contributed by atoms with Gasteiger partial charge in [0.1, 0.15) is 0 Å². The summed E-state index contributed by atoms with van der Waals surface area (Å²) in [6.07, 6.45) is 3.29. The highest BCUT2D eigenvalue weighted by atomic mass is 35.5. The van der Waals surface area contributed by atoms with Crippen molar-refractivity contribution in [2.75, 3.05) is 0 Å². The standard InChI is InChI=1S/C22H14ClNO2/c23-17(13-15-7-2-1-3-8-15)14-20-22(25)26-21(24-20)19-12-6-10-16-9-4-5-11-18(16)19/h1-14H. The van der Waals surface area contributed by atoms with Crippen LogP contribution in [0.25, 0.3) is 16.8 Å². The monoisotopic (exact) mass is 359 g/mol. The number of carbonyl (C=O) groups excluding carboxylic acids is 1. The molecular weight excluding hydrogens is 346 g/mol. The predicted octanol–water partition coefficient (Wildman–Crippen LogP) is 5.31. The fourth-order valence-electron chi connectivity index (χ4n) is 2.82. The van der Waals surface area contributed by atoms with Gasteiger partial charge in [-0.05, 0) is 34.6 Å². The fraction of sp³-hybridized carbons (Fsp3) is 0. The molecule has 0 spiro atoms. The number of ether oxygens (including phenoxy) is 1. The minimum absolute atomic E-state index is 0.185. The Kier molecular flexibility index (Phi) is 4.38. The van der Waals surface area contributed by atoms with Gasteiger partial charge in [0.15, 0.2) is 5.70 Å². The Morgan fingerprint density at radius 3 is 2.50 bits per heavy atom. The molecule has 0 fully saturated rings. The van der Waals surface area contributed by atoms with Crippen LogP contribution in [0.2, 0.25) is 0 Å². The number of fused-ring (bicyclic) bond motifs is 1. The Hall–Kier alpha value is -3.17. The van der Waals surface area contributed by atoms with Crippen LogP contribution in [0.15, 0.2) is 94.6 Å². The number of esters is 1. The van der Waals surface area contributed by atoms with Gasteiger partial charge in [0.25, 0.3) is 0 Å². The second-order valence-corrected chi connectivity index (χ2v) is 6.24. The van der Waals surface area contributed by atoms with Crippen molar-refractivity contribution in [3.63, 3.8) is 0 Å². The van der Waals surface area contributed by atoms with E-state index in [0.717, 1.165) is 21.9 Å². The number of allylic oxidation sites excluding steroid dienone is 2. The molecule has 0 atom stereocenters. The van der Waals surface area contributed by atoms with Crippen LogP contribution in [-0.4, -0.2) is 11.9 Å². The maximum absolute atomic E-state index is 12.2. The first-order valence-electron chi connectivity index (χ1n) is 8.14. The van der Waals surface area contributed by atoms with Gasteiger partial charge < -0.3 is 4.74 Å². The number of hydrogen-bond acceptors (Lipinski definition) is 3. The zero-order valence-electron chi connectivity index (χ0n) is 13.7. The molecule has 0 radical (unpaired) electrons. The highest BCUT2D eigenvalue weighted by Crippen LogP contribution is 2.25. The van der Waals surface area contributed by atoms with E-state index in [1.54, 1.807) is 6.08 Å². The van der Waals surface area contributed by atoms with E-state index in [9.17, 15) is 4.79 Å². The molecule has 1 aliphatic rings. The lowest BCUT2D eigenvalue weighted by atomic mass is 10.0. The number of halogens is 1. The van der Waals surface area contributed by atoms with Crippen molar-refractivity contribution in [2.24, 2.45) is 4.99 Å². The molecule has 1 aliphatic heterocycles. The molecule has 4 heteroatoms. The highest BCUT2D eigenvalue weighted by Gasteiger charge is 2.25. The maximum Gasteiger partial charge on any atom is 0.363 e. The third-order valence-corrected chi connectivity index (χ3v) is 4.24. The summed E-state index contributed by atoms with van der Waals surface area (Å²) in [6.45, 7) is 0. The molecule has 1 heterocycles. The van der Waals surface area contributed by atoms with Gasteiger partial charge in [-0.1, -0.05) is 78.3 Å². The highest BCUT2D eigenvalue weighted by molar-refractivity contribution is 6.33. The quantitative estimate of drug-likeness (QED) is 0.469. The molecule has 126 valence electrons. The maximum atomic E-state index is 12.2. The summed E-state index contributed by atoms with van der Waals surface area (Å²) in [6, 6.07) is 23.3. The first-order valence-corrected chi connectivity index (χ1v) is 8.51. The number of hydrogen-bond donors (Lipinski definition) is 0. The van der Waals surface area contributed by atoms with Gasteiger partial charge in [-0.15, -0.1) is 0 Å². The van der Waals surface area contributed by atoms with Gasteiger partial charge in [-0.2, -0.15) is 0 Å². The van der Waals surface area contributed by atoms with Crippen LogP contribution in [0, 0.1) is 0 Å². The van der Waals surface area contributed by atoms with Crippen LogP contribution in [-0.2, 0) is 9.53 Å². The number of benzene rings is 3. The molecule has 3 aromatic rings. The Labute approximate surface area is 155 Å². The minimum atomic E-state index is -0.507. The van der Waals surface area contributed by atoms with Crippen molar-refractivity contribution in [1.29, 1.82) is 0 Å². The van der Waals surface area contributed by atoms with E-state index >= 15 is 0 Å². The van der Waals surface area contributed by atoms with Gasteiger partial charge in [-0.25, -0.2) is 9.79 Å². The van der Waals surface area contributed by atoms with E-state index in [0.29, 0.717) is 10.9 Å². The second kappa shape index (κ2) is 6.98. The zero-order chi connectivity index (χ0) is 17.9. The van der Waals surface area contributed by atoms with Crippen LogP contribution in [0.5, 0.6) is 0 Å². The lowest BCUT2D eigenvalue weighted by molar-refractivity contribution is -0.130. The Morgan fingerprint density at radius 2 is 1.65 bits per heavy atom. The van der Waals surface area contributed by atoms with Crippen molar-refractivity contribution < 1.29 is 9.53 Å². The lowest BCUT2D eigenvalue weighted by Gasteiger charge is -2.04. The molecule has 0 aliphatic carbocycles. The van der Waals surface area contributed by atoms with E-state index in [1.165, 1.54) is 6.08 Å². The third kappa shape index (κ3) is 3.30. The van der Waals surface area contributed by atoms with Crippen molar-refractivity contribution >= 4 is 40.3 Å². The van der Waals surface area contributed by atoms with Gasteiger partial charge in [0, 0.05) is 10.6 Å². The summed E-state index contributed by atoms with van der Waals surface area (Å²) in [7, 11) is 0. The average Bonchev–Trinajstić information content (AvgIpc) is 3.02. The Bertz CT molecular complexity index is 1080. The van der Waals surface area contributed by atoms with Gasteiger partial charge in [-0.3, -0.25) is 0 Å². The third-order valence-electron chi connectivity index (χ3n) is 4.02. The van der Waals surface area contributed by atoms with Crippen molar-refractivity contribution in [3.8, 4) is 0 Å². The molecule has 0 saturated heterocycles. The summed E-state index contributed by atoms with van der Waals surface area (Å²) in [5.74, 6) is -0.213. The molecule has 0 N–H and O–H groups in total. The second-order valence-electron chi connectivity index (χ2n) is 5.80. The molecule has 0 saturated carbocycles. The average molecular weight is 360 g/mol. The van der Waals surface area contributed by atoms with Crippen molar-refractivity contribution in [2.45, 2.75) is 0 Å². The number of nitrogens with zero attached hydrogens (tertiary/aromatic N) is 1. The topological polar surface area (TPSA) is 38.7 Å². The summed E-state index contributed by atoms with van der Waals surface area (Å²) < 4.78 is 5.38. The first-order chi connectivity index (χ1) is 12.7. The molecule has 0 unspecified atom stereocenters. The van der Waals surface area contributed by atoms with Crippen molar-refractivity contribution in [1.82, 2.24) is 0 Å². The van der Waals surface area contributed by atoms with Crippen LogP contribution in [0.4, 0.5) is 0 Å². The summed E-state index contributed by atoms with van der Waals surface area (Å²) in [4.78, 5) is 16.5. The number of cyclic esters (lactones) is 1. The Balaban J connectivity index is 1.70. The van der Waals surface area contributed by atoms with E-state index in [-0.39, 0.29) is 5.70 Å². The first kappa shape index (κ1) is 16.3. The minimum Gasteiger partial charge on any atom is -0.402 e. The van der Waals surface area contributed by atoms with Gasteiger partial charge >= 0.3 is 5.97 Å². The van der Waals surface area contributed by atoms with Crippen LogP contribution >= 0.6 is 11.6 Å². The van der Waals surface area contributed by atoms with Gasteiger partial charge in [0.2, 0.25) is 5.90 Å². The van der Waals surface area contributed by atoms with E-state index in [1.807, 2.05) is 72.8 Å². The number of carbonyl (C=O) groups is 1. The predicted molar refractivity (Wildman–Crippen MR) is 105 cm³/mol. The van der Waals surface area contributed by atoms with Crippen LogP contribution < -0.4 is 0 Å². The summed E-state index contributed by atoms with van der Waals surface area (Å²) >= 11 is 6.26. The van der Waals surface area contributed by atoms with Crippen molar-refractivity contribution in [3.05, 3.63) is 101 Å². The largest absolute Gasteiger partial charge is 0.402 e. The molecular formula is C22H14ClNO2. The number of rotatable bonds is 3. The molecule has 0 bridgehead atoms. The Morgan fingerprint density at radius 1 is 0.923 bits per heavy atom.